The van der Waals surface area contributed by atoms with Crippen molar-refractivity contribution in [2.75, 3.05) is 13.1 Å². The average molecular weight is 288 g/mol. The normalized spacial score (nSPS) is 21.8. The summed E-state index contributed by atoms with van der Waals surface area (Å²) in [5, 5.41) is 0. The van der Waals surface area contributed by atoms with Crippen LogP contribution in [-0.2, 0) is 11.3 Å². The van der Waals surface area contributed by atoms with E-state index in [9.17, 15) is 4.79 Å². The summed E-state index contributed by atoms with van der Waals surface area (Å²) in [6.07, 6.45) is 3.25. The highest BCUT2D eigenvalue weighted by Crippen LogP contribution is 2.35. The van der Waals surface area contributed by atoms with Gasteiger partial charge in [0, 0.05) is 30.1 Å². The van der Waals surface area contributed by atoms with Gasteiger partial charge in [0.15, 0.2) is 0 Å². The molecule has 0 amide bonds. The van der Waals surface area contributed by atoms with Crippen LogP contribution < -0.4 is 0 Å². The summed E-state index contributed by atoms with van der Waals surface area (Å²) >= 11 is 0. The van der Waals surface area contributed by atoms with Crippen LogP contribution in [-0.4, -0.2) is 28.8 Å². The van der Waals surface area contributed by atoms with Crippen LogP contribution in [0.25, 0.3) is 0 Å². The molecule has 3 nitrogen and oxygen atoms in total. The minimum absolute atomic E-state index is 0.135. The van der Waals surface area contributed by atoms with E-state index < -0.39 is 0 Å². The second-order valence-electron chi connectivity index (χ2n) is 6.94. The van der Waals surface area contributed by atoms with Gasteiger partial charge in [0.2, 0.25) is 0 Å². The Morgan fingerprint density at radius 1 is 1.38 bits per heavy atom. The summed E-state index contributed by atoms with van der Waals surface area (Å²) < 4.78 is 0. The molecule has 0 N–H and O–H groups in total. The second kappa shape index (κ2) is 6.69. The Morgan fingerprint density at radius 3 is 2.81 bits per heavy atom. The monoisotopic (exact) mass is 288 g/mol. The van der Waals surface area contributed by atoms with Gasteiger partial charge in [-0.1, -0.05) is 33.3 Å². The minimum atomic E-state index is -0.135. The Morgan fingerprint density at radius 2 is 2.14 bits per heavy atom. The Labute approximate surface area is 128 Å². The third-order valence-electron chi connectivity index (χ3n) is 4.65. The number of aryl methyl sites for hydroxylation is 1. The van der Waals surface area contributed by atoms with Crippen LogP contribution in [0.1, 0.15) is 51.4 Å². The fourth-order valence-corrected chi connectivity index (χ4v) is 3.31. The first kappa shape index (κ1) is 16.2. The molecule has 1 heterocycles. The average Bonchev–Trinajstić information content (AvgIpc) is 2.43. The van der Waals surface area contributed by atoms with Gasteiger partial charge in [-0.2, -0.15) is 0 Å². The number of ketones is 1. The molecule has 2 rings (SSSR count). The highest BCUT2D eigenvalue weighted by molar-refractivity contribution is 5.87. The van der Waals surface area contributed by atoms with Crippen molar-refractivity contribution in [3.63, 3.8) is 0 Å². The largest absolute Gasteiger partial charge is 0.299 e. The molecular formula is C18H28N2O. The molecular weight excluding hydrogens is 260 g/mol. The molecule has 1 aliphatic carbocycles. The molecule has 1 saturated carbocycles. The zero-order valence-electron chi connectivity index (χ0n) is 13.9. The Hall–Kier alpha value is -1.22. The minimum Gasteiger partial charge on any atom is -0.299 e. The fraction of sp³-hybridized carbons (Fsp3) is 0.667. The number of hydrogen-bond acceptors (Lipinski definition) is 3. The first-order chi connectivity index (χ1) is 9.92. The van der Waals surface area contributed by atoms with Crippen LogP contribution in [0.2, 0.25) is 0 Å². The number of carbonyl (C=O) groups is 1. The molecule has 0 aliphatic heterocycles. The molecule has 1 fully saturated rings. The molecule has 0 radical (unpaired) electrons. The van der Waals surface area contributed by atoms with Gasteiger partial charge in [-0.3, -0.25) is 14.7 Å². The lowest BCUT2D eigenvalue weighted by molar-refractivity contribution is -0.135. The van der Waals surface area contributed by atoms with Gasteiger partial charge in [0.05, 0.1) is 5.69 Å². The zero-order valence-corrected chi connectivity index (χ0v) is 13.9. The van der Waals surface area contributed by atoms with Gasteiger partial charge in [-0.25, -0.2) is 0 Å². The summed E-state index contributed by atoms with van der Waals surface area (Å²) in [4.78, 5) is 19.5. The number of carbonyl (C=O) groups excluding carboxylic acids is 1. The maximum absolute atomic E-state index is 12.6. The second-order valence-corrected chi connectivity index (χ2v) is 6.94. The molecule has 0 aromatic carbocycles. The summed E-state index contributed by atoms with van der Waals surface area (Å²) in [5.41, 5.74) is 2.02. The smallest absolute Gasteiger partial charge is 0.142 e. The van der Waals surface area contributed by atoms with E-state index in [1.165, 1.54) is 6.42 Å². The van der Waals surface area contributed by atoms with Gasteiger partial charge >= 0.3 is 0 Å². The Bertz CT molecular complexity index is 496. The maximum Gasteiger partial charge on any atom is 0.142 e. The number of rotatable bonds is 5. The lowest BCUT2D eigenvalue weighted by atomic mass is 9.71. The third kappa shape index (κ3) is 4.13. The van der Waals surface area contributed by atoms with Crippen molar-refractivity contribution in [3.8, 4) is 0 Å². The van der Waals surface area contributed by atoms with E-state index in [2.05, 4.69) is 42.8 Å². The van der Waals surface area contributed by atoms with E-state index in [1.54, 1.807) is 0 Å². The van der Waals surface area contributed by atoms with Gasteiger partial charge in [-0.15, -0.1) is 0 Å². The molecule has 1 aromatic heterocycles. The number of pyridine rings is 1. The predicted octanol–water partition coefficient (Wildman–Crippen LogP) is 3.61. The van der Waals surface area contributed by atoms with E-state index in [0.717, 1.165) is 43.9 Å². The quantitative estimate of drug-likeness (QED) is 0.830. The molecule has 1 aliphatic rings. The molecule has 0 saturated heterocycles. The summed E-state index contributed by atoms with van der Waals surface area (Å²) in [5.74, 6) is 0.642. The van der Waals surface area contributed by atoms with E-state index in [-0.39, 0.29) is 11.3 Å². The van der Waals surface area contributed by atoms with Crippen molar-refractivity contribution >= 4 is 5.78 Å². The van der Waals surface area contributed by atoms with Crippen molar-refractivity contribution in [2.45, 2.75) is 53.5 Å². The van der Waals surface area contributed by atoms with E-state index in [0.29, 0.717) is 5.78 Å². The zero-order chi connectivity index (χ0) is 15.5. The first-order valence-electron chi connectivity index (χ1n) is 8.11. The van der Waals surface area contributed by atoms with Crippen LogP contribution in [0.3, 0.4) is 0 Å². The highest BCUT2D eigenvalue weighted by atomic mass is 16.1. The van der Waals surface area contributed by atoms with Gasteiger partial charge in [0.25, 0.3) is 0 Å². The Kier molecular flexibility index (Phi) is 5.15. The van der Waals surface area contributed by atoms with Crippen LogP contribution in [0, 0.1) is 18.3 Å². The molecule has 0 bridgehead atoms. The lowest BCUT2D eigenvalue weighted by Crippen LogP contribution is -2.41. The molecule has 3 heteroatoms. The SMILES string of the molecule is CCN(Cc1cccc(C)n1)CC1CCCC(C)(C)C1=O. The number of hydrogen-bond donors (Lipinski definition) is 0. The van der Waals surface area contributed by atoms with Crippen LogP contribution in [0.15, 0.2) is 18.2 Å². The molecule has 21 heavy (non-hydrogen) atoms. The molecule has 1 atom stereocenters. The lowest BCUT2D eigenvalue weighted by Gasteiger charge is -2.36. The topological polar surface area (TPSA) is 33.2 Å². The maximum atomic E-state index is 12.6. The van der Waals surface area contributed by atoms with E-state index >= 15 is 0 Å². The standard InChI is InChI=1S/C18H28N2O/c1-5-20(13-16-10-6-8-14(2)19-16)12-15-9-7-11-18(3,4)17(15)21/h6,8,10,15H,5,7,9,11-13H2,1-4H3. The third-order valence-corrected chi connectivity index (χ3v) is 4.65. The Balaban J connectivity index is 2.00. The van der Waals surface area contributed by atoms with Crippen molar-refractivity contribution in [1.29, 1.82) is 0 Å². The molecule has 1 aromatic rings. The highest BCUT2D eigenvalue weighted by Gasteiger charge is 2.37. The predicted molar refractivity (Wildman–Crippen MR) is 86.1 cm³/mol. The van der Waals surface area contributed by atoms with Crippen molar-refractivity contribution in [2.24, 2.45) is 11.3 Å². The molecule has 0 spiro atoms. The number of aromatic nitrogens is 1. The van der Waals surface area contributed by atoms with Gasteiger partial charge in [0.1, 0.15) is 5.78 Å². The molecule has 116 valence electrons. The van der Waals surface area contributed by atoms with Crippen LogP contribution in [0.4, 0.5) is 0 Å². The summed E-state index contributed by atoms with van der Waals surface area (Å²) in [7, 11) is 0. The van der Waals surface area contributed by atoms with Gasteiger partial charge in [-0.05, 0) is 38.4 Å². The van der Waals surface area contributed by atoms with Crippen LogP contribution >= 0.6 is 0 Å². The van der Waals surface area contributed by atoms with Crippen molar-refractivity contribution < 1.29 is 4.79 Å². The molecule has 1 unspecified atom stereocenters. The fourth-order valence-electron chi connectivity index (χ4n) is 3.31. The summed E-state index contributed by atoms with van der Waals surface area (Å²) in [6.45, 7) is 11.0. The number of Topliss-reactive ketones (excluding diaryl/α,β-unsaturated/α-hetero) is 1. The van der Waals surface area contributed by atoms with Crippen molar-refractivity contribution in [1.82, 2.24) is 9.88 Å². The first-order valence-corrected chi connectivity index (χ1v) is 8.11. The van der Waals surface area contributed by atoms with E-state index in [4.69, 9.17) is 0 Å². The van der Waals surface area contributed by atoms with Crippen LogP contribution in [0.5, 0.6) is 0 Å². The van der Waals surface area contributed by atoms with Gasteiger partial charge < -0.3 is 0 Å². The van der Waals surface area contributed by atoms with Crippen molar-refractivity contribution in [3.05, 3.63) is 29.6 Å². The van der Waals surface area contributed by atoms with E-state index in [1.807, 2.05) is 13.0 Å². The number of nitrogens with zero attached hydrogens (tertiary/aromatic N) is 2. The summed E-state index contributed by atoms with van der Waals surface area (Å²) in [6, 6.07) is 6.15.